The Bertz CT molecular complexity index is 1180. The molecule has 0 fully saturated rings. The fourth-order valence-electron chi connectivity index (χ4n) is 4.67. The predicted octanol–water partition coefficient (Wildman–Crippen LogP) is -1.80. The molecular formula is C32H53N9O6. The molecule has 1 rings (SSSR count). The second-order valence-electron chi connectivity index (χ2n) is 11.6. The molecule has 0 saturated carbocycles. The van der Waals surface area contributed by atoms with Crippen LogP contribution in [0.25, 0.3) is 0 Å². The lowest BCUT2D eigenvalue weighted by molar-refractivity contribution is -0.135. The highest BCUT2D eigenvalue weighted by Crippen LogP contribution is 2.10. The third-order valence-corrected chi connectivity index (χ3v) is 7.14. The molecule has 0 aliphatic rings. The van der Waals surface area contributed by atoms with Gasteiger partial charge >= 0.3 is 0 Å². The van der Waals surface area contributed by atoms with Crippen LogP contribution in [0.2, 0.25) is 0 Å². The van der Waals surface area contributed by atoms with E-state index >= 15 is 0 Å². The molecule has 0 unspecified atom stereocenters. The Morgan fingerprint density at radius 1 is 0.681 bits per heavy atom. The number of carbonyl (C=O) groups is 6. The van der Waals surface area contributed by atoms with Gasteiger partial charge in [-0.25, -0.2) is 0 Å². The summed E-state index contributed by atoms with van der Waals surface area (Å²) in [6, 6.07) is 3.56. The molecule has 0 aliphatic heterocycles. The van der Waals surface area contributed by atoms with Crippen LogP contribution >= 0.6 is 0 Å². The van der Waals surface area contributed by atoms with Crippen LogP contribution in [0.1, 0.15) is 57.9 Å². The molecule has 13 N–H and O–H groups in total. The van der Waals surface area contributed by atoms with Gasteiger partial charge < -0.3 is 49.5 Å². The molecule has 15 heteroatoms. The molecule has 1 aromatic rings. The van der Waals surface area contributed by atoms with Crippen LogP contribution in [0.3, 0.4) is 0 Å². The van der Waals surface area contributed by atoms with E-state index in [2.05, 4.69) is 33.2 Å². The number of nitrogens with one attached hydrogen (secondary N) is 5. The summed E-state index contributed by atoms with van der Waals surface area (Å²) in [7, 11) is 0. The first-order valence-electron chi connectivity index (χ1n) is 15.9. The van der Waals surface area contributed by atoms with Crippen LogP contribution < -0.4 is 49.5 Å². The molecule has 0 saturated heterocycles. The Balaban J connectivity index is 3.19. The number of hydrogen-bond acceptors (Lipinski definition) is 9. The van der Waals surface area contributed by atoms with E-state index in [1.807, 2.05) is 13.8 Å². The lowest BCUT2D eigenvalue weighted by Gasteiger charge is -2.27. The van der Waals surface area contributed by atoms with E-state index in [0.29, 0.717) is 6.42 Å². The van der Waals surface area contributed by atoms with Crippen molar-refractivity contribution in [2.75, 3.05) is 19.6 Å². The topological polar surface area (TPSA) is 267 Å². The zero-order valence-corrected chi connectivity index (χ0v) is 27.5. The summed E-state index contributed by atoms with van der Waals surface area (Å²) in [4.78, 5) is 77.8. The highest BCUT2D eigenvalue weighted by atomic mass is 16.2. The van der Waals surface area contributed by atoms with Gasteiger partial charge in [-0.15, -0.1) is 6.58 Å². The monoisotopic (exact) mass is 659 g/mol. The lowest BCUT2D eigenvalue weighted by Crippen LogP contribution is -2.60. The zero-order valence-electron chi connectivity index (χ0n) is 27.5. The van der Waals surface area contributed by atoms with E-state index in [0.717, 1.165) is 5.56 Å². The maximum atomic E-state index is 13.7. The SMILES string of the molecule is C=CCCC(=O)N[C@H](CCN)C(=O)N[C@@H](CCN)C(=O)N[C@@H](CC(C)C)C(=O)N[C@H](Cc1ccccc1)C(=O)N[C@@H](CCN)C(N)=O. The second kappa shape index (κ2) is 22.2. The number of carbonyl (C=O) groups excluding carboxylic acids is 6. The van der Waals surface area contributed by atoms with E-state index < -0.39 is 59.7 Å². The van der Waals surface area contributed by atoms with Gasteiger partial charge in [0.05, 0.1) is 0 Å². The third-order valence-electron chi connectivity index (χ3n) is 7.14. The maximum absolute atomic E-state index is 13.7. The standard InChI is InChI=1S/C32H53N9O6/c1-4-5-11-27(42)37-23(13-16-34)29(44)39-24(14-17-35)30(45)40-25(18-20(2)3)31(46)41-26(19-21-9-7-6-8-10-21)32(47)38-22(12-15-33)28(36)43/h4,6-10,20,22-26H,1,5,11-19,33-35H2,2-3H3,(H2,36,43)(H,37,42)(H,38,47)(H,39,44)(H,40,45)(H,41,46)/t22-,23+,24-,25-,26+/m0/s1. The maximum Gasteiger partial charge on any atom is 0.243 e. The Morgan fingerprint density at radius 3 is 1.64 bits per heavy atom. The van der Waals surface area contributed by atoms with Crippen LogP contribution in [-0.2, 0) is 35.2 Å². The Morgan fingerprint density at radius 2 is 1.13 bits per heavy atom. The first kappa shape index (κ1) is 40.7. The minimum atomic E-state index is -1.13. The van der Waals surface area contributed by atoms with Gasteiger partial charge in [0.15, 0.2) is 0 Å². The molecule has 262 valence electrons. The summed E-state index contributed by atoms with van der Waals surface area (Å²) in [6.45, 7) is 7.54. The van der Waals surface area contributed by atoms with Gasteiger partial charge in [0.1, 0.15) is 30.2 Å². The van der Waals surface area contributed by atoms with Crippen molar-refractivity contribution >= 4 is 35.4 Å². The Kier molecular flexibility index (Phi) is 19.2. The number of rotatable bonds is 23. The van der Waals surface area contributed by atoms with Gasteiger partial charge in [-0.1, -0.05) is 50.3 Å². The van der Waals surface area contributed by atoms with Gasteiger partial charge in [-0.05, 0) is 63.2 Å². The summed E-state index contributed by atoms with van der Waals surface area (Å²) in [6.07, 6.45) is 2.71. The van der Waals surface area contributed by atoms with Gasteiger partial charge in [0.2, 0.25) is 35.4 Å². The molecular weight excluding hydrogens is 606 g/mol. The van der Waals surface area contributed by atoms with Crippen LogP contribution in [0.4, 0.5) is 0 Å². The van der Waals surface area contributed by atoms with Crippen molar-refractivity contribution in [1.29, 1.82) is 0 Å². The Labute approximate surface area is 276 Å². The molecule has 47 heavy (non-hydrogen) atoms. The van der Waals surface area contributed by atoms with Crippen LogP contribution in [0, 0.1) is 5.92 Å². The number of primary amides is 1. The lowest BCUT2D eigenvalue weighted by atomic mass is 10.00. The van der Waals surface area contributed by atoms with Crippen molar-refractivity contribution in [2.45, 2.75) is 89.0 Å². The van der Waals surface area contributed by atoms with E-state index in [1.54, 1.807) is 36.4 Å². The molecule has 6 amide bonds. The number of benzene rings is 1. The van der Waals surface area contributed by atoms with Crippen LogP contribution in [0.5, 0.6) is 0 Å². The average Bonchev–Trinajstić information content (AvgIpc) is 3.02. The molecule has 1 aromatic carbocycles. The van der Waals surface area contributed by atoms with Gasteiger partial charge in [0, 0.05) is 12.8 Å². The molecule has 0 spiro atoms. The van der Waals surface area contributed by atoms with Crippen molar-refractivity contribution in [3.63, 3.8) is 0 Å². The first-order valence-corrected chi connectivity index (χ1v) is 15.9. The van der Waals surface area contributed by atoms with Crippen molar-refractivity contribution in [3.8, 4) is 0 Å². The quantitative estimate of drug-likeness (QED) is 0.0599. The minimum Gasteiger partial charge on any atom is -0.368 e. The van der Waals surface area contributed by atoms with Crippen molar-refractivity contribution in [3.05, 3.63) is 48.6 Å². The molecule has 0 bridgehead atoms. The highest BCUT2D eigenvalue weighted by molar-refractivity contribution is 5.96. The zero-order chi connectivity index (χ0) is 35.4. The van der Waals surface area contributed by atoms with Gasteiger partial charge in [-0.3, -0.25) is 28.8 Å². The predicted molar refractivity (Wildman–Crippen MR) is 179 cm³/mol. The molecule has 0 radical (unpaired) electrons. The normalized spacial score (nSPS) is 14.1. The molecule has 0 aromatic heterocycles. The summed E-state index contributed by atoms with van der Waals surface area (Å²) < 4.78 is 0. The number of allylic oxidation sites excluding steroid dienone is 1. The molecule has 5 atom stereocenters. The number of hydrogen-bond donors (Lipinski definition) is 9. The molecule has 0 aliphatic carbocycles. The van der Waals surface area contributed by atoms with E-state index in [4.69, 9.17) is 22.9 Å². The number of amides is 6. The first-order chi connectivity index (χ1) is 22.4. The van der Waals surface area contributed by atoms with Crippen LogP contribution in [-0.4, -0.2) is 85.3 Å². The smallest absolute Gasteiger partial charge is 0.243 e. The summed E-state index contributed by atoms with van der Waals surface area (Å²) in [5, 5.41) is 13.2. The molecule has 0 heterocycles. The minimum absolute atomic E-state index is 0.0375. The molecule has 15 nitrogen and oxygen atoms in total. The summed E-state index contributed by atoms with van der Waals surface area (Å²) in [5.41, 5.74) is 23.1. The van der Waals surface area contributed by atoms with Crippen LogP contribution in [0.15, 0.2) is 43.0 Å². The van der Waals surface area contributed by atoms with Gasteiger partial charge in [0.25, 0.3) is 0 Å². The van der Waals surface area contributed by atoms with E-state index in [1.165, 1.54) is 0 Å². The van der Waals surface area contributed by atoms with E-state index in [-0.39, 0.29) is 70.0 Å². The van der Waals surface area contributed by atoms with Gasteiger partial charge in [-0.2, -0.15) is 0 Å². The average molecular weight is 660 g/mol. The summed E-state index contributed by atoms with van der Waals surface area (Å²) in [5.74, 6) is -3.78. The van der Waals surface area contributed by atoms with Crippen molar-refractivity contribution < 1.29 is 28.8 Å². The third kappa shape index (κ3) is 15.7. The summed E-state index contributed by atoms with van der Waals surface area (Å²) >= 11 is 0. The van der Waals surface area contributed by atoms with Crippen molar-refractivity contribution in [1.82, 2.24) is 26.6 Å². The largest absolute Gasteiger partial charge is 0.368 e. The highest BCUT2D eigenvalue weighted by Gasteiger charge is 2.32. The Hall–Kier alpha value is -4.34. The number of nitrogens with two attached hydrogens (primary N) is 4. The fraction of sp³-hybridized carbons (Fsp3) is 0.562. The fourth-order valence-corrected chi connectivity index (χ4v) is 4.67. The van der Waals surface area contributed by atoms with E-state index in [9.17, 15) is 28.8 Å². The van der Waals surface area contributed by atoms with Crippen molar-refractivity contribution in [2.24, 2.45) is 28.9 Å². The second-order valence-corrected chi connectivity index (χ2v) is 11.6.